The van der Waals surface area contributed by atoms with Gasteiger partial charge < -0.3 is 10.6 Å². The molecule has 0 radical (unpaired) electrons. The molecule has 0 aliphatic carbocycles. The largest absolute Gasteiger partial charge is 0.405 e. The minimum absolute atomic E-state index is 0.0664. The summed E-state index contributed by atoms with van der Waals surface area (Å²) in [5, 5.41) is 4.52. The third-order valence-electron chi connectivity index (χ3n) is 2.90. The van der Waals surface area contributed by atoms with Crippen LogP contribution < -0.4 is 10.6 Å². The van der Waals surface area contributed by atoms with Crippen molar-refractivity contribution in [2.75, 3.05) is 24.6 Å². The summed E-state index contributed by atoms with van der Waals surface area (Å²) < 4.78 is 58.1. The molecule has 2 unspecified atom stereocenters. The molecule has 1 saturated heterocycles. The lowest BCUT2D eigenvalue weighted by atomic mass is 10.1. The van der Waals surface area contributed by atoms with E-state index in [9.17, 15) is 26.4 Å². The molecule has 1 aliphatic rings. The number of rotatable bonds is 5. The van der Waals surface area contributed by atoms with Crippen molar-refractivity contribution in [1.82, 2.24) is 10.6 Å². The Kier molecular flexibility index (Phi) is 5.19. The summed E-state index contributed by atoms with van der Waals surface area (Å²) in [6.45, 7) is 0.380. The first kappa shape index (κ1) is 16.2. The van der Waals surface area contributed by atoms with Crippen molar-refractivity contribution in [3.05, 3.63) is 0 Å². The summed E-state index contributed by atoms with van der Waals surface area (Å²) in [6.07, 6.45) is -3.92. The number of sulfone groups is 1. The van der Waals surface area contributed by atoms with Crippen LogP contribution in [0.3, 0.4) is 0 Å². The molecule has 2 atom stereocenters. The Morgan fingerprint density at radius 3 is 2.53 bits per heavy atom. The van der Waals surface area contributed by atoms with Crippen LogP contribution >= 0.6 is 0 Å². The fourth-order valence-electron chi connectivity index (χ4n) is 1.81. The van der Waals surface area contributed by atoms with Crippen LogP contribution in [0.5, 0.6) is 0 Å². The van der Waals surface area contributed by atoms with E-state index in [-0.39, 0.29) is 17.4 Å². The van der Waals surface area contributed by atoms with Gasteiger partial charge in [0.15, 0.2) is 9.84 Å². The zero-order valence-electron chi connectivity index (χ0n) is 10.5. The van der Waals surface area contributed by atoms with Crippen LogP contribution in [0, 0.1) is 5.92 Å². The second kappa shape index (κ2) is 6.08. The highest BCUT2D eigenvalue weighted by Gasteiger charge is 2.30. The summed E-state index contributed by atoms with van der Waals surface area (Å²) in [6, 6.07) is -0.786. The Morgan fingerprint density at radius 1 is 1.42 bits per heavy atom. The highest BCUT2D eigenvalue weighted by Crippen LogP contribution is 2.17. The average Bonchev–Trinajstić information content (AvgIpc) is 2.61. The Hall–Kier alpha value is -0.830. The number of alkyl halides is 3. The number of hydrogen-bond acceptors (Lipinski definition) is 4. The molecule has 0 spiro atoms. The molecule has 5 nitrogen and oxygen atoms in total. The van der Waals surface area contributed by atoms with Gasteiger partial charge in [-0.25, -0.2) is 8.42 Å². The number of carbonyl (C=O) groups excluding carboxylic acids is 1. The summed E-state index contributed by atoms with van der Waals surface area (Å²) in [7, 11) is -2.98. The van der Waals surface area contributed by atoms with Crippen molar-refractivity contribution in [3.8, 4) is 0 Å². The van der Waals surface area contributed by atoms with Crippen LogP contribution in [-0.4, -0.2) is 51.1 Å². The molecule has 1 amide bonds. The first-order valence-electron chi connectivity index (χ1n) is 5.87. The summed E-state index contributed by atoms with van der Waals surface area (Å²) in [4.78, 5) is 11.3. The number of nitrogens with one attached hydrogen (secondary N) is 2. The van der Waals surface area contributed by atoms with Crippen molar-refractivity contribution >= 4 is 15.7 Å². The van der Waals surface area contributed by atoms with Gasteiger partial charge in [0, 0.05) is 0 Å². The fourth-order valence-corrected chi connectivity index (χ4v) is 3.67. The second-order valence-corrected chi connectivity index (χ2v) is 6.96. The molecule has 9 heteroatoms. The minimum atomic E-state index is -4.44. The van der Waals surface area contributed by atoms with Crippen LogP contribution in [0.25, 0.3) is 0 Å². The van der Waals surface area contributed by atoms with Gasteiger partial charge in [-0.2, -0.15) is 13.2 Å². The van der Waals surface area contributed by atoms with Crippen LogP contribution in [0.2, 0.25) is 0 Å². The van der Waals surface area contributed by atoms with E-state index in [2.05, 4.69) is 5.32 Å². The van der Waals surface area contributed by atoms with E-state index in [1.807, 2.05) is 0 Å². The Labute approximate surface area is 109 Å². The molecule has 1 fully saturated rings. The van der Waals surface area contributed by atoms with Crippen LogP contribution in [0.4, 0.5) is 13.2 Å². The van der Waals surface area contributed by atoms with E-state index in [0.29, 0.717) is 13.0 Å². The van der Waals surface area contributed by atoms with Crippen molar-refractivity contribution < 1.29 is 26.4 Å². The number of hydrogen-bond donors (Lipinski definition) is 2. The van der Waals surface area contributed by atoms with Crippen LogP contribution in [-0.2, 0) is 14.6 Å². The van der Waals surface area contributed by atoms with Gasteiger partial charge >= 0.3 is 6.18 Å². The molecular formula is C10H17F3N2O3S. The zero-order valence-corrected chi connectivity index (χ0v) is 11.3. The standard InChI is InChI=1S/C10H17F3N2O3S/c1-7(9(16)15-6-10(11,12)13)14-4-8-2-3-19(17,18)5-8/h7-8,14H,2-6H2,1H3,(H,15,16). The summed E-state index contributed by atoms with van der Waals surface area (Å²) in [5.74, 6) is -0.633. The quantitative estimate of drug-likeness (QED) is 0.754. The first-order valence-corrected chi connectivity index (χ1v) is 7.69. The SMILES string of the molecule is CC(NCC1CCS(=O)(=O)C1)C(=O)NCC(F)(F)F. The predicted molar refractivity (Wildman–Crippen MR) is 63.3 cm³/mol. The highest BCUT2D eigenvalue weighted by molar-refractivity contribution is 7.91. The molecule has 0 aromatic carbocycles. The molecule has 0 saturated carbocycles. The van der Waals surface area contributed by atoms with Gasteiger partial charge in [0.25, 0.3) is 0 Å². The topological polar surface area (TPSA) is 75.3 Å². The number of halogens is 3. The average molecular weight is 302 g/mol. The summed E-state index contributed by atoms with van der Waals surface area (Å²) in [5.41, 5.74) is 0. The third kappa shape index (κ3) is 6.24. The zero-order chi connectivity index (χ0) is 14.7. The van der Waals surface area contributed by atoms with Gasteiger partial charge in [0.1, 0.15) is 6.54 Å². The van der Waals surface area contributed by atoms with Crippen LogP contribution in [0.1, 0.15) is 13.3 Å². The molecule has 0 bridgehead atoms. The van der Waals surface area contributed by atoms with Crippen molar-refractivity contribution in [1.29, 1.82) is 0 Å². The van der Waals surface area contributed by atoms with Crippen molar-refractivity contribution in [2.45, 2.75) is 25.6 Å². The van der Waals surface area contributed by atoms with Gasteiger partial charge in [-0.05, 0) is 25.8 Å². The molecule has 1 aliphatic heterocycles. The van der Waals surface area contributed by atoms with E-state index >= 15 is 0 Å². The molecule has 1 heterocycles. The number of carbonyl (C=O) groups is 1. The fraction of sp³-hybridized carbons (Fsp3) is 0.900. The third-order valence-corrected chi connectivity index (χ3v) is 4.73. The van der Waals surface area contributed by atoms with Crippen LogP contribution in [0.15, 0.2) is 0 Å². The van der Waals surface area contributed by atoms with Crippen molar-refractivity contribution in [3.63, 3.8) is 0 Å². The van der Waals surface area contributed by atoms with E-state index in [0.717, 1.165) is 0 Å². The van der Waals surface area contributed by atoms with E-state index in [4.69, 9.17) is 0 Å². The molecule has 0 aromatic heterocycles. The monoisotopic (exact) mass is 302 g/mol. The molecular weight excluding hydrogens is 285 g/mol. The van der Waals surface area contributed by atoms with Gasteiger partial charge in [-0.15, -0.1) is 0 Å². The Bertz CT molecular complexity index is 422. The molecule has 0 aromatic rings. The normalized spacial score (nSPS) is 24.1. The van der Waals surface area contributed by atoms with Gasteiger partial charge in [-0.3, -0.25) is 4.79 Å². The maximum absolute atomic E-state index is 11.9. The number of amides is 1. The lowest BCUT2D eigenvalue weighted by Gasteiger charge is -2.17. The minimum Gasteiger partial charge on any atom is -0.346 e. The molecule has 2 N–H and O–H groups in total. The molecule has 1 rings (SSSR count). The van der Waals surface area contributed by atoms with E-state index in [1.165, 1.54) is 6.92 Å². The van der Waals surface area contributed by atoms with E-state index in [1.54, 1.807) is 5.32 Å². The predicted octanol–water partition coefficient (Wildman–Crippen LogP) is 0.0777. The molecule has 112 valence electrons. The van der Waals surface area contributed by atoms with Crippen molar-refractivity contribution in [2.24, 2.45) is 5.92 Å². The maximum atomic E-state index is 11.9. The highest BCUT2D eigenvalue weighted by atomic mass is 32.2. The molecule has 19 heavy (non-hydrogen) atoms. The van der Waals surface area contributed by atoms with E-state index < -0.39 is 34.5 Å². The lowest BCUT2D eigenvalue weighted by Crippen LogP contribution is -2.46. The lowest BCUT2D eigenvalue weighted by molar-refractivity contribution is -0.139. The van der Waals surface area contributed by atoms with Gasteiger partial charge in [-0.1, -0.05) is 0 Å². The smallest absolute Gasteiger partial charge is 0.346 e. The second-order valence-electron chi connectivity index (χ2n) is 4.73. The Balaban J connectivity index is 2.27. The summed E-state index contributed by atoms with van der Waals surface area (Å²) >= 11 is 0. The Morgan fingerprint density at radius 2 is 2.05 bits per heavy atom. The maximum Gasteiger partial charge on any atom is 0.405 e. The van der Waals surface area contributed by atoms with Gasteiger partial charge in [0.2, 0.25) is 5.91 Å². The first-order chi connectivity index (χ1) is 8.59. The van der Waals surface area contributed by atoms with Gasteiger partial charge in [0.05, 0.1) is 17.5 Å².